The summed E-state index contributed by atoms with van der Waals surface area (Å²) in [4.78, 5) is 8.97. The first kappa shape index (κ1) is 11.0. The Morgan fingerprint density at radius 2 is 2.29 bits per heavy atom. The Bertz CT molecular complexity index is 508. The van der Waals surface area contributed by atoms with Gasteiger partial charge < -0.3 is 5.43 Å². The van der Waals surface area contributed by atoms with Crippen LogP contribution in [0.4, 0.5) is 5.82 Å². The number of rotatable bonds is 4. The molecular formula is C11H12N4S2. The third kappa shape index (κ3) is 2.59. The molecule has 0 atom stereocenters. The molecule has 88 valence electrons. The highest BCUT2D eigenvalue weighted by Crippen LogP contribution is 2.40. The van der Waals surface area contributed by atoms with Crippen molar-refractivity contribution >= 4 is 28.9 Å². The summed E-state index contributed by atoms with van der Waals surface area (Å²) >= 11 is 3.37. The molecule has 0 aliphatic heterocycles. The minimum Gasteiger partial charge on any atom is -0.308 e. The van der Waals surface area contributed by atoms with Crippen molar-refractivity contribution in [2.24, 2.45) is 5.84 Å². The number of hydrazine groups is 1. The zero-order valence-electron chi connectivity index (χ0n) is 9.09. The number of nitrogen functional groups attached to an aromatic ring is 1. The Balaban J connectivity index is 1.89. The maximum Gasteiger partial charge on any atom is 0.144 e. The van der Waals surface area contributed by atoms with E-state index in [-0.39, 0.29) is 0 Å². The van der Waals surface area contributed by atoms with Crippen LogP contribution in [0, 0.1) is 0 Å². The largest absolute Gasteiger partial charge is 0.308 e. The Morgan fingerprint density at radius 3 is 2.94 bits per heavy atom. The van der Waals surface area contributed by atoms with Crippen molar-refractivity contribution in [1.82, 2.24) is 9.97 Å². The molecule has 0 aromatic carbocycles. The first-order valence-electron chi connectivity index (χ1n) is 5.42. The summed E-state index contributed by atoms with van der Waals surface area (Å²) in [7, 11) is 0. The monoisotopic (exact) mass is 264 g/mol. The molecule has 0 radical (unpaired) electrons. The van der Waals surface area contributed by atoms with Gasteiger partial charge in [-0.05, 0) is 24.3 Å². The van der Waals surface area contributed by atoms with Gasteiger partial charge in [0.1, 0.15) is 16.7 Å². The maximum absolute atomic E-state index is 5.43. The van der Waals surface area contributed by atoms with Crippen molar-refractivity contribution in [3.05, 3.63) is 29.4 Å². The molecular weight excluding hydrogens is 252 g/mol. The summed E-state index contributed by atoms with van der Waals surface area (Å²) in [6.07, 6.45) is 2.38. The lowest BCUT2D eigenvalue weighted by Gasteiger charge is -2.05. The second-order valence-electron chi connectivity index (χ2n) is 3.90. The van der Waals surface area contributed by atoms with Gasteiger partial charge in [0.2, 0.25) is 0 Å². The highest BCUT2D eigenvalue weighted by Gasteiger charge is 2.27. The molecule has 0 amide bonds. The van der Waals surface area contributed by atoms with Crippen LogP contribution in [0.3, 0.4) is 0 Å². The average Bonchev–Trinajstić information content (AvgIpc) is 3.09. The number of hydrogen-bond acceptors (Lipinski definition) is 6. The number of nitrogens with zero attached hydrogens (tertiary/aromatic N) is 2. The van der Waals surface area contributed by atoms with Crippen LogP contribution in [0.2, 0.25) is 0 Å². The number of nitrogens with one attached hydrogen (secondary N) is 1. The third-order valence-corrected chi connectivity index (χ3v) is 4.47. The highest BCUT2D eigenvalue weighted by molar-refractivity contribution is 8.01. The fraction of sp³-hybridized carbons (Fsp3) is 0.273. The van der Waals surface area contributed by atoms with Crippen LogP contribution in [0.15, 0.2) is 32.8 Å². The topological polar surface area (TPSA) is 63.8 Å². The quantitative estimate of drug-likeness (QED) is 0.505. The van der Waals surface area contributed by atoms with E-state index in [0.29, 0.717) is 11.7 Å². The lowest BCUT2D eigenvalue weighted by Crippen LogP contribution is -2.10. The molecule has 2 heterocycles. The van der Waals surface area contributed by atoms with Crippen molar-refractivity contribution in [2.75, 3.05) is 5.43 Å². The van der Waals surface area contributed by atoms with Gasteiger partial charge in [-0.3, -0.25) is 0 Å². The molecule has 2 aromatic rings. The number of anilines is 1. The lowest BCUT2D eigenvalue weighted by atomic mass is 10.4. The van der Waals surface area contributed by atoms with Crippen molar-refractivity contribution in [1.29, 1.82) is 0 Å². The fourth-order valence-electron chi connectivity index (χ4n) is 1.52. The lowest BCUT2D eigenvalue weighted by molar-refractivity contribution is 0.878. The van der Waals surface area contributed by atoms with Gasteiger partial charge in [-0.1, -0.05) is 17.8 Å². The molecule has 1 saturated carbocycles. The van der Waals surface area contributed by atoms with Crippen molar-refractivity contribution in [3.8, 4) is 0 Å². The van der Waals surface area contributed by atoms with Gasteiger partial charge in [0.25, 0.3) is 0 Å². The number of nitrogens with two attached hydrogens (primary N) is 1. The number of aromatic nitrogens is 2. The summed E-state index contributed by atoms with van der Waals surface area (Å²) in [6.45, 7) is 0. The van der Waals surface area contributed by atoms with Crippen LogP contribution in [-0.4, -0.2) is 9.97 Å². The van der Waals surface area contributed by atoms with E-state index < -0.39 is 0 Å². The van der Waals surface area contributed by atoms with E-state index in [1.165, 1.54) is 17.1 Å². The van der Waals surface area contributed by atoms with Crippen LogP contribution in [0.5, 0.6) is 0 Å². The van der Waals surface area contributed by atoms with Crippen LogP contribution in [0.1, 0.15) is 24.6 Å². The SMILES string of the molecule is NNc1cc(Sc2cccs2)nc(C2CC2)n1. The average molecular weight is 264 g/mol. The van der Waals surface area contributed by atoms with Gasteiger partial charge in [0, 0.05) is 12.0 Å². The van der Waals surface area contributed by atoms with E-state index in [9.17, 15) is 0 Å². The predicted molar refractivity (Wildman–Crippen MR) is 70.3 cm³/mol. The molecule has 1 aliphatic carbocycles. The Hall–Kier alpha value is -1.11. The number of hydrogen-bond donors (Lipinski definition) is 2. The Kier molecular flexibility index (Phi) is 3.00. The van der Waals surface area contributed by atoms with E-state index in [4.69, 9.17) is 5.84 Å². The molecule has 3 N–H and O–H groups in total. The van der Waals surface area contributed by atoms with Gasteiger partial charge in [-0.25, -0.2) is 15.8 Å². The first-order valence-corrected chi connectivity index (χ1v) is 7.12. The zero-order valence-corrected chi connectivity index (χ0v) is 10.7. The van der Waals surface area contributed by atoms with Crippen LogP contribution >= 0.6 is 23.1 Å². The molecule has 0 saturated heterocycles. The van der Waals surface area contributed by atoms with Gasteiger partial charge >= 0.3 is 0 Å². The van der Waals surface area contributed by atoms with Gasteiger partial charge in [0.15, 0.2) is 0 Å². The summed E-state index contributed by atoms with van der Waals surface area (Å²) in [5.74, 6) is 7.58. The van der Waals surface area contributed by atoms with Gasteiger partial charge in [0.05, 0.1) is 4.21 Å². The summed E-state index contributed by atoms with van der Waals surface area (Å²) in [5.41, 5.74) is 2.61. The summed E-state index contributed by atoms with van der Waals surface area (Å²) in [5, 5.41) is 3.02. The van der Waals surface area contributed by atoms with E-state index >= 15 is 0 Å². The van der Waals surface area contributed by atoms with E-state index in [0.717, 1.165) is 10.9 Å². The highest BCUT2D eigenvalue weighted by atomic mass is 32.2. The second kappa shape index (κ2) is 4.64. The van der Waals surface area contributed by atoms with Crippen LogP contribution in [0.25, 0.3) is 0 Å². The molecule has 0 spiro atoms. The van der Waals surface area contributed by atoms with Crippen LogP contribution in [-0.2, 0) is 0 Å². The first-order chi connectivity index (χ1) is 8.35. The van der Waals surface area contributed by atoms with E-state index in [2.05, 4.69) is 26.8 Å². The molecule has 2 aromatic heterocycles. The standard InChI is InChI=1S/C11H12N4S2/c12-15-8-6-9(17-10-2-1-5-16-10)14-11(13-8)7-3-4-7/h1-2,5-7H,3-4,12H2,(H,13,14,15). The normalized spacial score (nSPS) is 14.9. The van der Waals surface area contributed by atoms with E-state index in [1.807, 2.05) is 12.1 Å². The summed E-state index contributed by atoms with van der Waals surface area (Å²) < 4.78 is 1.23. The number of thiophene rings is 1. The van der Waals surface area contributed by atoms with Crippen LogP contribution < -0.4 is 11.3 Å². The molecule has 3 rings (SSSR count). The van der Waals surface area contributed by atoms with Gasteiger partial charge in [-0.2, -0.15) is 0 Å². The summed E-state index contributed by atoms with van der Waals surface area (Å²) in [6, 6.07) is 6.01. The predicted octanol–water partition coefficient (Wildman–Crippen LogP) is 2.85. The maximum atomic E-state index is 5.43. The van der Waals surface area contributed by atoms with Crippen molar-refractivity contribution < 1.29 is 0 Å². The molecule has 0 unspecified atom stereocenters. The van der Waals surface area contributed by atoms with Crippen molar-refractivity contribution in [3.63, 3.8) is 0 Å². The molecule has 17 heavy (non-hydrogen) atoms. The molecule has 4 nitrogen and oxygen atoms in total. The second-order valence-corrected chi connectivity index (χ2v) is 6.17. The van der Waals surface area contributed by atoms with Gasteiger partial charge in [-0.15, -0.1) is 11.3 Å². The third-order valence-electron chi connectivity index (χ3n) is 2.51. The van der Waals surface area contributed by atoms with Crippen molar-refractivity contribution in [2.45, 2.75) is 28.0 Å². The zero-order chi connectivity index (χ0) is 11.7. The fourth-order valence-corrected chi connectivity index (χ4v) is 3.24. The molecule has 6 heteroatoms. The molecule has 1 aliphatic rings. The Labute approximate surface area is 108 Å². The minimum absolute atomic E-state index is 0.533. The minimum atomic E-state index is 0.533. The van der Waals surface area contributed by atoms with E-state index in [1.54, 1.807) is 23.1 Å². The smallest absolute Gasteiger partial charge is 0.144 e. The molecule has 0 bridgehead atoms. The Morgan fingerprint density at radius 1 is 1.41 bits per heavy atom. The molecule has 1 fully saturated rings.